The highest BCUT2D eigenvalue weighted by Gasteiger charge is 2.36. The Bertz CT molecular complexity index is 974. The molecule has 29 heavy (non-hydrogen) atoms. The number of esters is 1. The van der Waals surface area contributed by atoms with Crippen LogP contribution < -0.4 is 10.2 Å². The molecule has 2 aromatic carbocycles. The molecule has 0 bridgehead atoms. The van der Waals surface area contributed by atoms with Crippen LogP contribution in [0, 0.1) is 23.0 Å². The number of amides is 2. The number of ether oxygens (including phenoxy) is 1. The van der Waals surface area contributed by atoms with Crippen LogP contribution in [0.25, 0.3) is 0 Å². The average Bonchev–Trinajstić information content (AvgIpc) is 3.08. The first-order valence-electron chi connectivity index (χ1n) is 8.92. The quantitative estimate of drug-likeness (QED) is 0.454. The molecule has 9 heteroatoms. The number of aryl methyl sites for hydroxylation is 1. The summed E-state index contributed by atoms with van der Waals surface area (Å²) in [6, 6.07) is 12.8. The van der Waals surface area contributed by atoms with Gasteiger partial charge < -0.3 is 15.0 Å². The minimum atomic E-state index is -0.660. The van der Waals surface area contributed by atoms with E-state index in [1.54, 1.807) is 4.90 Å². The van der Waals surface area contributed by atoms with Gasteiger partial charge in [0.25, 0.3) is 11.6 Å². The molecule has 0 saturated carbocycles. The van der Waals surface area contributed by atoms with E-state index in [1.807, 2.05) is 31.2 Å². The monoisotopic (exact) mass is 397 g/mol. The van der Waals surface area contributed by atoms with Crippen LogP contribution in [0.4, 0.5) is 17.1 Å². The van der Waals surface area contributed by atoms with E-state index in [1.165, 1.54) is 24.3 Å². The largest absolute Gasteiger partial charge is 0.455 e. The molecule has 9 nitrogen and oxygen atoms in total. The smallest absolute Gasteiger partial charge is 0.311 e. The Morgan fingerprint density at radius 2 is 2.00 bits per heavy atom. The SMILES string of the molecule is Cc1ccccc1N1C[C@@H](C(=O)OCC(=O)Nc2cccc([N+](=O)[O-])c2)CC1=O. The lowest BCUT2D eigenvalue weighted by Crippen LogP contribution is -2.28. The fourth-order valence-corrected chi connectivity index (χ4v) is 3.11. The summed E-state index contributed by atoms with van der Waals surface area (Å²) in [6.07, 6.45) is 0.0136. The van der Waals surface area contributed by atoms with Crippen LogP contribution in [-0.2, 0) is 19.1 Å². The zero-order valence-electron chi connectivity index (χ0n) is 15.7. The second kappa shape index (κ2) is 8.51. The summed E-state index contributed by atoms with van der Waals surface area (Å²) in [7, 11) is 0. The first-order valence-corrected chi connectivity index (χ1v) is 8.92. The molecule has 1 heterocycles. The number of nitrogens with zero attached hydrogens (tertiary/aromatic N) is 2. The number of hydrogen-bond donors (Lipinski definition) is 1. The van der Waals surface area contributed by atoms with E-state index >= 15 is 0 Å². The van der Waals surface area contributed by atoms with Crippen molar-refractivity contribution in [2.75, 3.05) is 23.4 Å². The van der Waals surface area contributed by atoms with Gasteiger partial charge in [0.05, 0.1) is 10.8 Å². The number of anilines is 2. The zero-order valence-corrected chi connectivity index (χ0v) is 15.7. The second-order valence-electron chi connectivity index (χ2n) is 6.66. The van der Waals surface area contributed by atoms with Crippen molar-refractivity contribution in [1.29, 1.82) is 0 Å². The molecule has 0 radical (unpaired) electrons. The maximum atomic E-state index is 12.3. The molecule has 0 aliphatic carbocycles. The molecule has 1 N–H and O–H groups in total. The first kappa shape index (κ1) is 20.0. The van der Waals surface area contributed by atoms with Gasteiger partial charge in [0.2, 0.25) is 5.91 Å². The van der Waals surface area contributed by atoms with Crippen LogP contribution in [0.1, 0.15) is 12.0 Å². The fourth-order valence-electron chi connectivity index (χ4n) is 3.11. The number of benzene rings is 2. The minimum absolute atomic E-state index is 0.0136. The van der Waals surface area contributed by atoms with Gasteiger partial charge in [0, 0.05) is 36.5 Å². The van der Waals surface area contributed by atoms with Crippen molar-refractivity contribution in [2.45, 2.75) is 13.3 Å². The molecular formula is C20H19N3O6. The Labute approximate surface area is 166 Å². The van der Waals surface area contributed by atoms with Gasteiger partial charge >= 0.3 is 5.97 Å². The molecule has 1 saturated heterocycles. The van der Waals surface area contributed by atoms with Crippen molar-refractivity contribution in [3.63, 3.8) is 0 Å². The lowest BCUT2D eigenvalue weighted by Gasteiger charge is -2.18. The van der Waals surface area contributed by atoms with Gasteiger partial charge in [-0.1, -0.05) is 24.3 Å². The summed E-state index contributed by atoms with van der Waals surface area (Å²) in [6.45, 7) is 1.53. The van der Waals surface area contributed by atoms with Crippen molar-refractivity contribution in [3.8, 4) is 0 Å². The third-order valence-electron chi connectivity index (χ3n) is 4.55. The van der Waals surface area contributed by atoms with E-state index in [0.717, 1.165) is 11.3 Å². The highest BCUT2D eigenvalue weighted by molar-refractivity contribution is 6.00. The van der Waals surface area contributed by atoms with Crippen LogP contribution in [0.2, 0.25) is 0 Å². The number of carbonyl (C=O) groups is 3. The molecule has 1 aliphatic heterocycles. The van der Waals surface area contributed by atoms with Crippen molar-refractivity contribution >= 4 is 34.8 Å². The normalized spacial score (nSPS) is 15.8. The van der Waals surface area contributed by atoms with E-state index in [4.69, 9.17) is 4.74 Å². The molecule has 3 rings (SSSR count). The molecule has 1 fully saturated rings. The molecule has 1 aliphatic rings. The number of para-hydroxylation sites is 1. The van der Waals surface area contributed by atoms with Gasteiger partial charge in [-0.05, 0) is 24.6 Å². The van der Waals surface area contributed by atoms with Gasteiger partial charge in [-0.25, -0.2) is 0 Å². The lowest BCUT2D eigenvalue weighted by atomic mass is 10.1. The Morgan fingerprint density at radius 3 is 2.72 bits per heavy atom. The summed E-state index contributed by atoms with van der Waals surface area (Å²) in [5.74, 6) is -2.10. The fraction of sp³-hybridized carbons (Fsp3) is 0.250. The second-order valence-corrected chi connectivity index (χ2v) is 6.66. The summed E-state index contributed by atoms with van der Waals surface area (Å²) in [4.78, 5) is 48.3. The van der Waals surface area contributed by atoms with Gasteiger partial charge in [-0.2, -0.15) is 0 Å². The molecule has 0 aromatic heterocycles. The van der Waals surface area contributed by atoms with Crippen molar-refractivity contribution in [1.82, 2.24) is 0 Å². The maximum Gasteiger partial charge on any atom is 0.311 e. The summed E-state index contributed by atoms with van der Waals surface area (Å²) < 4.78 is 5.04. The van der Waals surface area contributed by atoms with Crippen LogP contribution in [0.15, 0.2) is 48.5 Å². The van der Waals surface area contributed by atoms with Crippen molar-refractivity contribution < 1.29 is 24.0 Å². The van der Waals surface area contributed by atoms with Crippen LogP contribution >= 0.6 is 0 Å². The number of nitro groups is 1. The number of carbonyl (C=O) groups excluding carboxylic acids is 3. The number of nitrogens with one attached hydrogen (secondary N) is 1. The highest BCUT2D eigenvalue weighted by atomic mass is 16.6. The van der Waals surface area contributed by atoms with Gasteiger partial charge in [-0.15, -0.1) is 0 Å². The van der Waals surface area contributed by atoms with Crippen molar-refractivity contribution in [3.05, 3.63) is 64.2 Å². The Balaban J connectivity index is 1.54. The lowest BCUT2D eigenvalue weighted by molar-refractivity contribution is -0.384. The zero-order chi connectivity index (χ0) is 21.0. The molecule has 2 amide bonds. The standard InChI is InChI=1S/C20H19N3O6/c1-13-5-2-3-8-17(13)22-11-14(9-19(22)25)20(26)29-12-18(24)21-15-6-4-7-16(10-15)23(27)28/h2-8,10,14H,9,11-12H2,1H3,(H,21,24)/t14-/m0/s1. The Hall–Kier alpha value is -3.75. The Morgan fingerprint density at radius 1 is 1.24 bits per heavy atom. The van der Waals surface area contributed by atoms with Gasteiger partial charge in [-0.3, -0.25) is 24.5 Å². The predicted molar refractivity (Wildman–Crippen MR) is 104 cm³/mol. The van der Waals surface area contributed by atoms with E-state index in [2.05, 4.69) is 5.32 Å². The average molecular weight is 397 g/mol. The summed E-state index contributed by atoms with van der Waals surface area (Å²) in [5.41, 5.74) is 1.73. The highest BCUT2D eigenvalue weighted by Crippen LogP contribution is 2.28. The molecule has 0 unspecified atom stereocenters. The molecule has 150 valence electrons. The minimum Gasteiger partial charge on any atom is -0.455 e. The van der Waals surface area contributed by atoms with Crippen LogP contribution in [-0.4, -0.2) is 35.9 Å². The maximum absolute atomic E-state index is 12.3. The predicted octanol–water partition coefficient (Wildman–Crippen LogP) is 2.44. The van der Waals surface area contributed by atoms with E-state index in [9.17, 15) is 24.5 Å². The van der Waals surface area contributed by atoms with Crippen molar-refractivity contribution in [2.24, 2.45) is 5.92 Å². The molecular weight excluding hydrogens is 378 g/mol. The molecule has 2 aromatic rings. The van der Waals surface area contributed by atoms with Crippen LogP contribution in [0.5, 0.6) is 0 Å². The number of non-ortho nitro benzene ring substituents is 1. The molecule has 0 spiro atoms. The number of rotatable bonds is 6. The summed E-state index contributed by atoms with van der Waals surface area (Å²) >= 11 is 0. The summed E-state index contributed by atoms with van der Waals surface area (Å²) in [5, 5.41) is 13.2. The number of hydrogen-bond acceptors (Lipinski definition) is 6. The first-order chi connectivity index (χ1) is 13.8. The van der Waals surface area contributed by atoms with E-state index in [0.29, 0.717) is 0 Å². The Kier molecular flexibility index (Phi) is 5.87. The molecule has 1 atom stereocenters. The third-order valence-corrected chi connectivity index (χ3v) is 4.55. The van der Waals surface area contributed by atoms with E-state index < -0.39 is 29.3 Å². The van der Waals surface area contributed by atoms with Gasteiger partial charge in [0.1, 0.15) is 0 Å². The number of nitro benzene ring substituents is 1. The van der Waals surface area contributed by atoms with Crippen LogP contribution in [0.3, 0.4) is 0 Å². The third kappa shape index (κ3) is 4.75. The van der Waals surface area contributed by atoms with Gasteiger partial charge in [0.15, 0.2) is 6.61 Å². The topological polar surface area (TPSA) is 119 Å². The van der Waals surface area contributed by atoms with E-state index in [-0.39, 0.29) is 30.2 Å².